The van der Waals surface area contributed by atoms with E-state index in [4.69, 9.17) is 0 Å². The summed E-state index contributed by atoms with van der Waals surface area (Å²) in [4.78, 5) is 4.36. The molecule has 1 unspecified atom stereocenters. The van der Waals surface area contributed by atoms with Crippen molar-refractivity contribution in [1.82, 2.24) is 20.4 Å². The molecular formula is C21H28IN5. The Morgan fingerprint density at radius 1 is 1.15 bits per heavy atom. The largest absolute Gasteiger partial charge is 0.352 e. The molecule has 5 nitrogen and oxygen atoms in total. The van der Waals surface area contributed by atoms with Gasteiger partial charge in [0.25, 0.3) is 0 Å². The summed E-state index contributed by atoms with van der Waals surface area (Å²) in [5.41, 5.74) is 4.68. The van der Waals surface area contributed by atoms with Crippen molar-refractivity contribution in [3.05, 3.63) is 65.0 Å². The van der Waals surface area contributed by atoms with Gasteiger partial charge in [0.15, 0.2) is 5.96 Å². The molecular weight excluding hydrogens is 449 g/mol. The normalized spacial score (nSPS) is 12.6. The van der Waals surface area contributed by atoms with Crippen molar-refractivity contribution in [3.8, 4) is 0 Å². The monoisotopic (exact) mass is 477 g/mol. The molecule has 0 saturated heterocycles. The first-order valence-corrected chi connectivity index (χ1v) is 8.94. The van der Waals surface area contributed by atoms with Crippen molar-refractivity contribution in [2.75, 3.05) is 7.05 Å². The van der Waals surface area contributed by atoms with Crippen LogP contribution in [0.5, 0.6) is 0 Å². The minimum Gasteiger partial charge on any atom is -0.352 e. The number of guanidine groups is 1. The number of hydrogen-bond acceptors (Lipinski definition) is 2. The number of aromatic nitrogens is 2. The van der Waals surface area contributed by atoms with E-state index in [-0.39, 0.29) is 30.0 Å². The van der Waals surface area contributed by atoms with Gasteiger partial charge in [-0.15, -0.1) is 24.0 Å². The Balaban J connectivity index is 0.00000261. The van der Waals surface area contributed by atoms with Gasteiger partial charge >= 0.3 is 0 Å². The van der Waals surface area contributed by atoms with Crippen LogP contribution in [0.25, 0.3) is 10.8 Å². The highest BCUT2D eigenvalue weighted by Crippen LogP contribution is 2.20. The van der Waals surface area contributed by atoms with Crippen LogP contribution in [0.3, 0.4) is 0 Å². The van der Waals surface area contributed by atoms with Crippen molar-refractivity contribution in [3.63, 3.8) is 0 Å². The van der Waals surface area contributed by atoms with Gasteiger partial charge in [-0.25, -0.2) is 0 Å². The summed E-state index contributed by atoms with van der Waals surface area (Å²) in [6.45, 7) is 6.98. The molecule has 27 heavy (non-hydrogen) atoms. The van der Waals surface area contributed by atoms with Crippen LogP contribution >= 0.6 is 24.0 Å². The van der Waals surface area contributed by atoms with Crippen LogP contribution in [0, 0.1) is 13.8 Å². The van der Waals surface area contributed by atoms with Gasteiger partial charge in [0.05, 0.1) is 11.7 Å². The molecule has 0 aliphatic carbocycles. The lowest BCUT2D eigenvalue weighted by molar-refractivity contribution is 0.684. The lowest BCUT2D eigenvalue weighted by Gasteiger charge is -2.19. The molecule has 0 fully saturated rings. The molecule has 0 aliphatic rings. The zero-order chi connectivity index (χ0) is 18.7. The molecule has 144 valence electrons. The number of benzene rings is 2. The lowest BCUT2D eigenvalue weighted by atomic mass is 10.0. The zero-order valence-corrected chi connectivity index (χ0v) is 18.9. The SMILES string of the molecule is CN=C(NCc1c(C)nn(C)c1C)NC(C)c1ccc2ccccc2c1.I. The number of aliphatic imine (C=N–C) groups is 1. The second-order valence-corrected chi connectivity index (χ2v) is 6.67. The van der Waals surface area contributed by atoms with Gasteiger partial charge in [-0.05, 0) is 43.2 Å². The summed E-state index contributed by atoms with van der Waals surface area (Å²) in [5, 5.41) is 13.9. The van der Waals surface area contributed by atoms with Gasteiger partial charge in [0.2, 0.25) is 0 Å². The van der Waals surface area contributed by atoms with E-state index in [1.165, 1.54) is 27.6 Å². The Morgan fingerprint density at radius 3 is 2.48 bits per heavy atom. The Kier molecular flexibility index (Phi) is 7.24. The minimum absolute atomic E-state index is 0. The van der Waals surface area contributed by atoms with E-state index in [0.29, 0.717) is 6.54 Å². The molecule has 0 amide bonds. The summed E-state index contributed by atoms with van der Waals surface area (Å²) in [6.07, 6.45) is 0. The van der Waals surface area contributed by atoms with Crippen molar-refractivity contribution >= 4 is 40.7 Å². The lowest BCUT2D eigenvalue weighted by Crippen LogP contribution is -2.38. The highest BCUT2D eigenvalue weighted by Gasteiger charge is 2.12. The number of rotatable bonds is 4. The van der Waals surface area contributed by atoms with E-state index in [0.717, 1.165) is 11.7 Å². The summed E-state index contributed by atoms with van der Waals surface area (Å²) < 4.78 is 1.92. The van der Waals surface area contributed by atoms with Crippen LogP contribution in [0.4, 0.5) is 0 Å². The van der Waals surface area contributed by atoms with E-state index in [2.05, 4.69) is 77.0 Å². The maximum Gasteiger partial charge on any atom is 0.191 e. The Hall–Kier alpha value is -2.09. The molecule has 1 aromatic heterocycles. The number of nitrogens with zero attached hydrogens (tertiary/aromatic N) is 3. The van der Waals surface area contributed by atoms with E-state index in [9.17, 15) is 0 Å². The van der Waals surface area contributed by atoms with Gasteiger partial charge in [-0.2, -0.15) is 5.10 Å². The molecule has 3 aromatic rings. The predicted molar refractivity (Wildman–Crippen MR) is 124 cm³/mol. The fourth-order valence-electron chi connectivity index (χ4n) is 3.21. The van der Waals surface area contributed by atoms with E-state index in [1.54, 1.807) is 7.05 Å². The average molecular weight is 477 g/mol. The van der Waals surface area contributed by atoms with Gasteiger partial charge in [0.1, 0.15) is 0 Å². The van der Waals surface area contributed by atoms with Crippen LogP contribution < -0.4 is 10.6 Å². The van der Waals surface area contributed by atoms with Crippen LogP contribution in [-0.4, -0.2) is 22.8 Å². The first kappa shape index (κ1) is 21.2. The van der Waals surface area contributed by atoms with Crippen LogP contribution in [-0.2, 0) is 13.6 Å². The molecule has 0 aliphatic heterocycles. The second-order valence-electron chi connectivity index (χ2n) is 6.67. The number of hydrogen-bond donors (Lipinski definition) is 2. The number of halogens is 1. The van der Waals surface area contributed by atoms with Gasteiger partial charge in [-0.1, -0.05) is 36.4 Å². The van der Waals surface area contributed by atoms with Crippen LogP contribution in [0.15, 0.2) is 47.5 Å². The molecule has 0 bridgehead atoms. The standard InChI is InChI=1S/C21H27N5.HI/c1-14(18-11-10-17-8-6-7-9-19(17)12-18)24-21(22-4)23-13-20-15(2)25-26(5)16(20)3;/h6-12,14H,13H2,1-5H3,(H2,22,23,24);1H. The smallest absolute Gasteiger partial charge is 0.191 e. The van der Waals surface area contributed by atoms with Gasteiger partial charge in [0, 0.05) is 31.9 Å². The first-order chi connectivity index (χ1) is 12.5. The Morgan fingerprint density at radius 2 is 1.85 bits per heavy atom. The molecule has 0 radical (unpaired) electrons. The van der Waals surface area contributed by atoms with Gasteiger partial charge in [-0.3, -0.25) is 9.67 Å². The summed E-state index contributed by atoms with van der Waals surface area (Å²) in [5.74, 6) is 0.785. The van der Waals surface area contributed by atoms with E-state index < -0.39 is 0 Å². The molecule has 6 heteroatoms. The fraction of sp³-hybridized carbons (Fsp3) is 0.333. The number of aryl methyl sites for hydroxylation is 2. The van der Waals surface area contributed by atoms with E-state index in [1.807, 2.05) is 18.7 Å². The summed E-state index contributed by atoms with van der Waals surface area (Å²) >= 11 is 0. The topological polar surface area (TPSA) is 54.2 Å². The van der Waals surface area contributed by atoms with Crippen molar-refractivity contribution in [2.24, 2.45) is 12.0 Å². The van der Waals surface area contributed by atoms with Crippen molar-refractivity contribution in [2.45, 2.75) is 33.4 Å². The fourth-order valence-corrected chi connectivity index (χ4v) is 3.21. The molecule has 3 rings (SSSR count). The molecule has 1 heterocycles. The number of fused-ring (bicyclic) bond motifs is 1. The van der Waals surface area contributed by atoms with Crippen LogP contribution in [0.1, 0.15) is 35.5 Å². The minimum atomic E-state index is 0. The maximum absolute atomic E-state index is 4.47. The molecule has 0 saturated carbocycles. The van der Waals surface area contributed by atoms with Crippen molar-refractivity contribution < 1.29 is 0 Å². The van der Waals surface area contributed by atoms with Crippen LogP contribution in [0.2, 0.25) is 0 Å². The molecule has 2 N–H and O–H groups in total. The Labute approximate surface area is 178 Å². The third kappa shape index (κ3) is 4.80. The molecule has 1 atom stereocenters. The molecule has 0 spiro atoms. The Bertz CT molecular complexity index is 945. The third-order valence-corrected chi connectivity index (χ3v) is 4.94. The molecule has 2 aromatic carbocycles. The zero-order valence-electron chi connectivity index (χ0n) is 16.6. The second kappa shape index (κ2) is 9.21. The summed E-state index contributed by atoms with van der Waals surface area (Å²) in [6, 6.07) is 15.1. The van der Waals surface area contributed by atoms with Gasteiger partial charge < -0.3 is 10.6 Å². The third-order valence-electron chi connectivity index (χ3n) is 4.94. The first-order valence-electron chi connectivity index (χ1n) is 8.94. The van der Waals surface area contributed by atoms with E-state index >= 15 is 0 Å². The average Bonchev–Trinajstić information content (AvgIpc) is 2.90. The highest BCUT2D eigenvalue weighted by atomic mass is 127. The number of nitrogens with one attached hydrogen (secondary N) is 2. The predicted octanol–water partition coefficient (Wildman–Crippen LogP) is 4.23. The highest BCUT2D eigenvalue weighted by molar-refractivity contribution is 14.0. The van der Waals surface area contributed by atoms with Crippen molar-refractivity contribution in [1.29, 1.82) is 0 Å². The quantitative estimate of drug-likeness (QED) is 0.336. The maximum atomic E-state index is 4.47. The summed E-state index contributed by atoms with van der Waals surface area (Å²) in [7, 11) is 3.77.